The number of hydrogen-bond donors (Lipinski definition) is 1. The van der Waals surface area contributed by atoms with Crippen LogP contribution in [0.1, 0.15) is 51.4 Å². The summed E-state index contributed by atoms with van der Waals surface area (Å²) < 4.78 is 103. The Kier molecular flexibility index (Phi) is 11.6. The normalized spacial score (nSPS) is 13.6. The molecule has 1 unspecified atom stereocenters. The Morgan fingerprint density at radius 3 is 1.70 bits per heavy atom. The molecule has 1 rings (SSSR count). The van der Waals surface area contributed by atoms with E-state index >= 15 is 0 Å². The van der Waals surface area contributed by atoms with Crippen LogP contribution in [-0.2, 0) is 10.1 Å². The van der Waals surface area contributed by atoms with Gasteiger partial charge in [0, 0.05) is 18.8 Å². The molecule has 27 heavy (non-hydrogen) atoms. The highest BCUT2D eigenvalue weighted by Gasteiger charge is 2.52. The predicted molar refractivity (Wildman–Crippen MR) is 88.6 cm³/mol. The maximum Gasteiger partial charge on any atom is 0.400 e. The van der Waals surface area contributed by atoms with Crippen molar-refractivity contribution >= 4 is 10.1 Å². The monoisotopic (exact) mass is 423 g/mol. The van der Waals surface area contributed by atoms with Gasteiger partial charge in [-0.05, 0) is 25.0 Å². The molecule has 0 amide bonds. The highest BCUT2D eigenvalue weighted by Crippen LogP contribution is 2.30. The number of nitrogens with zero attached hydrogens (tertiary/aromatic N) is 1. The summed E-state index contributed by atoms with van der Waals surface area (Å²) in [6.07, 6.45) is -3.82. The molecule has 1 aromatic heterocycles. The SMILES string of the molecule is O=S(=O)(O)C(F)(F)C(F)CCCCCCCCC(F)(F)F.c1ccncc1. The summed E-state index contributed by atoms with van der Waals surface area (Å²) in [5.74, 6) is 0. The van der Waals surface area contributed by atoms with Crippen LogP contribution in [0.25, 0.3) is 0 Å². The fourth-order valence-corrected chi connectivity index (χ4v) is 2.44. The molecular formula is C16H23F6NO3S. The first kappa shape index (κ1) is 25.6. The average Bonchev–Trinajstić information content (AvgIpc) is 2.57. The van der Waals surface area contributed by atoms with Gasteiger partial charge in [0.1, 0.15) is 0 Å². The quantitative estimate of drug-likeness (QED) is 0.304. The summed E-state index contributed by atoms with van der Waals surface area (Å²) in [6, 6.07) is 5.72. The van der Waals surface area contributed by atoms with Gasteiger partial charge >= 0.3 is 21.5 Å². The molecule has 4 nitrogen and oxygen atoms in total. The lowest BCUT2D eigenvalue weighted by atomic mass is 10.1. The van der Waals surface area contributed by atoms with Gasteiger partial charge < -0.3 is 0 Å². The van der Waals surface area contributed by atoms with Crippen molar-refractivity contribution in [2.75, 3.05) is 0 Å². The second kappa shape index (κ2) is 12.2. The molecule has 0 aliphatic carbocycles. The van der Waals surface area contributed by atoms with Crippen molar-refractivity contribution in [3.63, 3.8) is 0 Å². The third-order valence-corrected chi connectivity index (χ3v) is 4.39. The summed E-state index contributed by atoms with van der Waals surface area (Å²) in [5.41, 5.74) is 0. The van der Waals surface area contributed by atoms with Gasteiger partial charge in [0.15, 0.2) is 6.17 Å². The van der Waals surface area contributed by atoms with Crippen LogP contribution < -0.4 is 0 Å². The molecule has 0 saturated heterocycles. The van der Waals surface area contributed by atoms with E-state index in [9.17, 15) is 34.8 Å². The second-order valence-electron chi connectivity index (χ2n) is 5.80. The van der Waals surface area contributed by atoms with Crippen molar-refractivity contribution in [3.05, 3.63) is 30.6 Å². The first-order valence-corrected chi connectivity index (χ1v) is 9.72. The van der Waals surface area contributed by atoms with Crippen molar-refractivity contribution in [1.29, 1.82) is 0 Å². The zero-order chi connectivity index (χ0) is 21.0. The Labute approximate surface area is 154 Å². The van der Waals surface area contributed by atoms with Gasteiger partial charge in [0.05, 0.1) is 0 Å². The molecule has 0 radical (unpaired) electrons. The average molecular weight is 423 g/mol. The van der Waals surface area contributed by atoms with Crippen LogP contribution in [0.15, 0.2) is 30.6 Å². The van der Waals surface area contributed by atoms with Crippen LogP contribution in [-0.4, -0.2) is 35.6 Å². The van der Waals surface area contributed by atoms with Crippen LogP contribution in [0.5, 0.6) is 0 Å². The number of aromatic nitrogens is 1. The highest BCUT2D eigenvalue weighted by atomic mass is 32.2. The van der Waals surface area contributed by atoms with E-state index in [1.807, 2.05) is 18.2 Å². The van der Waals surface area contributed by atoms with Crippen LogP contribution in [0.3, 0.4) is 0 Å². The molecule has 0 saturated carbocycles. The Balaban J connectivity index is 0.000000941. The first-order valence-electron chi connectivity index (χ1n) is 8.28. The van der Waals surface area contributed by atoms with Crippen molar-refractivity contribution < 1.29 is 39.3 Å². The van der Waals surface area contributed by atoms with E-state index in [0.717, 1.165) is 0 Å². The Hall–Kier alpha value is -1.36. The number of pyridine rings is 1. The molecule has 0 fully saturated rings. The lowest BCUT2D eigenvalue weighted by Crippen LogP contribution is -2.38. The number of alkyl halides is 6. The number of hydrogen-bond acceptors (Lipinski definition) is 3. The Morgan fingerprint density at radius 1 is 0.852 bits per heavy atom. The van der Waals surface area contributed by atoms with Gasteiger partial charge in [-0.2, -0.15) is 30.4 Å². The highest BCUT2D eigenvalue weighted by molar-refractivity contribution is 7.86. The fraction of sp³-hybridized carbons (Fsp3) is 0.688. The van der Waals surface area contributed by atoms with Gasteiger partial charge in [-0.3, -0.25) is 9.54 Å². The predicted octanol–water partition coefficient (Wildman–Crippen LogP) is 5.57. The number of unbranched alkanes of at least 4 members (excludes halogenated alkanes) is 5. The maximum atomic E-state index is 13.0. The first-order chi connectivity index (χ1) is 12.4. The van der Waals surface area contributed by atoms with Gasteiger partial charge in [-0.25, -0.2) is 4.39 Å². The zero-order valence-electron chi connectivity index (χ0n) is 14.5. The van der Waals surface area contributed by atoms with E-state index in [4.69, 9.17) is 4.55 Å². The standard InChI is InChI=1S/C11H18F6O3S.C5H5N/c12-9(11(16,17)21(18,19)20)7-5-3-1-2-4-6-8-10(13,14)15;1-2-4-6-5-3-1/h9H,1-8H2,(H,18,19,20);1-5H. The van der Waals surface area contributed by atoms with E-state index in [1.165, 1.54) is 0 Å². The largest absolute Gasteiger partial charge is 0.400 e. The molecule has 1 aromatic rings. The summed E-state index contributed by atoms with van der Waals surface area (Å²) in [5, 5.41) is -4.83. The van der Waals surface area contributed by atoms with Crippen molar-refractivity contribution in [2.45, 2.75) is 69.0 Å². The minimum atomic E-state index is -5.79. The minimum Gasteiger partial charge on any atom is -0.281 e. The molecule has 0 aromatic carbocycles. The van der Waals surface area contributed by atoms with E-state index in [-0.39, 0.29) is 12.8 Å². The van der Waals surface area contributed by atoms with Crippen molar-refractivity contribution in [1.82, 2.24) is 4.98 Å². The van der Waals surface area contributed by atoms with Gasteiger partial charge in [0.25, 0.3) is 0 Å². The molecule has 1 heterocycles. The molecule has 1 N–H and O–H groups in total. The van der Waals surface area contributed by atoms with Gasteiger partial charge in [0.2, 0.25) is 0 Å². The molecular weight excluding hydrogens is 400 g/mol. The van der Waals surface area contributed by atoms with Crippen LogP contribution in [0, 0.1) is 0 Å². The maximum absolute atomic E-state index is 13.0. The van der Waals surface area contributed by atoms with Gasteiger partial charge in [-0.1, -0.05) is 38.2 Å². The molecule has 0 bridgehead atoms. The number of rotatable bonds is 10. The molecule has 158 valence electrons. The Morgan fingerprint density at radius 2 is 1.33 bits per heavy atom. The van der Waals surface area contributed by atoms with Crippen LogP contribution >= 0.6 is 0 Å². The lowest BCUT2D eigenvalue weighted by Gasteiger charge is -2.17. The fourth-order valence-electron chi connectivity index (χ4n) is 2.00. The second-order valence-corrected chi connectivity index (χ2v) is 7.30. The van der Waals surface area contributed by atoms with Crippen LogP contribution in [0.4, 0.5) is 26.3 Å². The zero-order valence-corrected chi connectivity index (χ0v) is 15.3. The van der Waals surface area contributed by atoms with Crippen molar-refractivity contribution in [2.24, 2.45) is 0 Å². The lowest BCUT2D eigenvalue weighted by molar-refractivity contribution is -0.135. The molecule has 11 heteroatoms. The Bertz CT molecular complexity index is 569. The van der Waals surface area contributed by atoms with Crippen molar-refractivity contribution in [3.8, 4) is 0 Å². The smallest absolute Gasteiger partial charge is 0.281 e. The number of halogens is 6. The van der Waals surface area contributed by atoms with E-state index in [1.54, 1.807) is 12.4 Å². The third-order valence-electron chi connectivity index (χ3n) is 3.44. The summed E-state index contributed by atoms with van der Waals surface area (Å²) in [7, 11) is -5.79. The van der Waals surface area contributed by atoms with E-state index < -0.39 is 40.6 Å². The van der Waals surface area contributed by atoms with Crippen LogP contribution in [0.2, 0.25) is 0 Å². The summed E-state index contributed by atoms with van der Waals surface area (Å²) >= 11 is 0. The summed E-state index contributed by atoms with van der Waals surface area (Å²) in [6.45, 7) is 0. The third kappa shape index (κ3) is 12.6. The molecule has 0 aliphatic rings. The minimum absolute atomic E-state index is 0.0178. The summed E-state index contributed by atoms with van der Waals surface area (Å²) in [4.78, 5) is 3.78. The van der Waals surface area contributed by atoms with E-state index in [2.05, 4.69) is 4.98 Å². The molecule has 1 atom stereocenters. The van der Waals surface area contributed by atoms with Gasteiger partial charge in [-0.15, -0.1) is 0 Å². The van der Waals surface area contributed by atoms with E-state index in [0.29, 0.717) is 25.7 Å². The molecule has 0 aliphatic heterocycles. The molecule has 0 spiro atoms. The topological polar surface area (TPSA) is 67.3 Å².